The monoisotopic (exact) mass is 417 g/mol. The Balaban J connectivity index is 1.81. The minimum Gasteiger partial charge on any atom is -0.289 e. The van der Waals surface area contributed by atoms with Crippen molar-refractivity contribution < 1.29 is 18.0 Å². The van der Waals surface area contributed by atoms with Crippen molar-refractivity contribution in [1.29, 1.82) is 0 Å². The number of rotatable bonds is 5. The summed E-state index contributed by atoms with van der Waals surface area (Å²) in [4.78, 5) is 26.5. The molecule has 3 aromatic carbocycles. The maximum atomic E-state index is 13.3. The molecule has 0 aliphatic carbocycles. The summed E-state index contributed by atoms with van der Waals surface area (Å²) in [5, 5.41) is 0. The predicted octanol–water partition coefficient (Wildman–Crippen LogP) is 3.86. The minimum absolute atomic E-state index is 0.0160. The van der Waals surface area contributed by atoms with Crippen LogP contribution in [0.1, 0.15) is 21.5 Å². The van der Waals surface area contributed by atoms with Gasteiger partial charge in [-0.25, -0.2) is 12.7 Å². The van der Waals surface area contributed by atoms with Crippen molar-refractivity contribution in [1.82, 2.24) is 4.31 Å². The van der Waals surface area contributed by atoms with E-state index >= 15 is 0 Å². The van der Waals surface area contributed by atoms with Crippen LogP contribution in [-0.2, 0) is 14.8 Å². The fourth-order valence-corrected chi connectivity index (χ4v) is 4.77. The number of aryl methyl sites for hydroxylation is 1. The SMILES string of the molecule is Cc1ccc(S(=O)(=O)N2CC(C(=O)c3ccccc3)=C(c3ccccc3)C2=O)cc1. The van der Waals surface area contributed by atoms with Crippen LogP contribution < -0.4 is 0 Å². The van der Waals surface area contributed by atoms with Gasteiger partial charge in [0, 0.05) is 11.1 Å². The largest absolute Gasteiger partial charge is 0.289 e. The molecule has 0 atom stereocenters. The fourth-order valence-electron chi connectivity index (χ4n) is 3.43. The van der Waals surface area contributed by atoms with Gasteiger partial charge in [-0.15, -0.1) is 0 Å². The van der Waals surface area contributed by atoms with Gasteiger partial charge in [0.1, 0.15) is 0 Å². The molecule has 0 N–H and O–H groups in total. The van der Waals surface area contributed by atoms with Crippen LogP contribution in [0.25, 0.3) is 5.57 Å². The Bertz CT molecular complexity index is 1250. The van der Waals surface area contributed by atoms with E-state index < -0.39 is 15.9 Å². The van der Waals surface area contributed by atoms with E-state index in [-0.39, 0.29) is 28.4 Å². The summed E-state index contributed by atoms with van der Waals surface area (Å²) in [6.07, 6.45) is 0. The number of benzene rings is 3. The molecule has 30 heavy (non-hydrogen) atoms. The first-order chi connectivity index (χ1) is 14.4. The van der Waals surface area contributed by atoms with Gasteiger partial charge in [0.25, 0.3) is 15.9 Å². The molecule has 1 aliphatic rings. The second kappa shape index (κ2) is 7.72. The summed E-state index contributed by atoms with van der Waals surface area (Å²) in [7, 11) is -4.10. The number of hydrogen-bond donors (Lipinski definition) is 0. The van der Waals surface area contributed by atoms with E-state index in [1.54, 1.807) is 72.8 Å². The number of carbonyl (C=O) groups excluding carboxylic acids is 2. The van der Waals surface area contributed by atoms with E-state index in [4.69, 9.17) is 0 Å². The summed E-state index contributed by atoms with van der Waals surface area (Å²) in [6.45, 7) is 1.55. The van der Waals surface area contributed by atoms with Crippen LogP contribution in [0.3, 0.4) is 0 Å². The summed E-state index contributed by atoms with van der Waals surface area (Å²) < 4.78 is 27.2. The lowest BCUT2D eigenvalue weighted by Crippen LogP contribution is -2.34. The van der Waals surface area contributed by atoms with E-state index in [9.17, 15) is 18.0 Å². The average molecular weight is 417 g/mol. The van der Waals surface area contributed by atoms with Crippen LogP contribution in [0, 0.1) is 6.92 Å². The Morgan fingerprint density at radius 3 is 2.00 bits per heavy atom. The summed E-state index contributed by atoms with van der Waals surface area (Å²) in [5.41, 5.74) is 2.13. The zero-order valence-electron chi connectivity index (χ0n) is 16.3. The van der Waals surface area contributed by atoms with Gasteiger partial charge >= 0.3 is 0 Å². The van der Waals surface area contributed by atoms with Crippen molar-refractivity contribution in [3.8, 4) is 0 Å². The number of carbonyl (C=O) groups is 2. The van der Waals surface area contributed by atoms with E-state index in [1.807, 2.05) is 6.92 Å². The number of ketones is 1. The zero-order chi connectivity index (χ0) is 21.3. The van der Waals surface area contributed by atoms with Gasteiger partial charge in [0.05, 0.1) is 17.0 Å². The van der Waals surface area contributed by atoms with Crippen LogP contribution >= 0.6 is 0 Å². The van der Waals surface area contributed by atoms with Crippen molar-refractivity contribution in [2.45, 2.75) is 11.8 Å². The highest BCUT2D eigenvalue weighted by Gasteiger charge is 2.41. The molecule has 1 amide bonds. The van der Waals surface area contributed by atoms with Crippen molar-refractivity contribution in [2.24, 2.45) is 0 Å². The lowest BCUT2D eigenvalue weighted by atomic mass is 9.96. The standard InChI is InChI=1S/C24H19NO4S/c1-17-12-14-20(15-13-17)30(28,29)25-16-21(23(26)19-10-6-3-7-11-19)22(24(25)27)18-8-4-2-5-9-18/h2-15H,16H2,1H3. The van der Waals surface area contributed by atoms with Crippen LogP contribution in [0.2, 0.25) is 0 Å². The summed E-state index contributed by atoms with van der Waals surface area (Å²) in [5.74, 6) is -1.05. The second-order valence-corrected chi connectivity index (χ2v) is 8.91. The van der Waals surface area contributed by atoms with Crippen molar-refractivity contribution >= 4 is 27.3 Å². The Labute approximate surface area is 175 Å². The molecule has 0 spiro atoms. The molecular formula is C24H19NO4S. The van der Waals surface area contributed by atoms with E-state index in [0.29, 0.717) is 11.1 Å². The molecule has 1 heterocycles. The number of Topliss-reactive ketones (excluding diaryl/α,β-unsaturated/α-hetero) is 1. The molecule has 0 saturated heterocycles. The van der Waals surface area contributed by atoms with Gasteiger partial charge in [-0.1, -0.05) is 78.4 Å². The lowest BCUT2D eigenvalue weighted by Gasteiger charge is -2.17. The zero-order valence-corrected chi connectivity index (χ0v) is 17.1. The number of amides is 1. The molecule has 5 nitrogen and oxygen atoms in total. The highest BCUT2D eigenvalue weighted by molar-refractivity contribution is 7.89. The maximum absolute atomic E-state index is 13.3. The van der Waals surface area contributed by atoms with Crippen molar-refractivity contribution in [3.63, 3.8) is 0 Å². The van der Waals surface area contributed by atoms with Crippen molar-refractivity contribution in [2.75, 3.05) is 6.54 Å². The molecule has 0 unspecified atom stereocenters. The fraction of sp³-hybridized carbons (Fsp3) is 0.0833. The number of nitrogens with zero attached hydrogens (tertiary/aromatic N) is 1. The first-order valence-electron chi connectivity index (χ1n) is 9.41. The summed E-state index contributed by atoms with van der Waals surface area (Å²) >= 11 is 0. The molecule has 0 aromatic heterocycles. The molecular weight excluding hydrogens is 398 g/mol. The van der Waals surface area contributed by atoms with Crippen LogP contribution in [-0.4, -0.2) is 31.0 Å². The second-order valence-electron chi connectivity index (χ2n) is 7.04. The van der Waals surface area contributed by atoms with E-state index in [1.165, 1.54) is 12.1 Å². The molecule has 6 heteroatoms. The van der Waals surface area contributed by atoms with Gasteiger partial charge in [0.15, 0.2) is 5.78 Å². The minimum atomic E-state index is -4.10. The quantitative estimate of drug-likeness (QED) is 0.591. The Kier molecular flexibility index (Phi) is 5.10. The normalized spacial score (nSPS) is 14.3. The smallest absolute Gasteiger partial charge is 0.269 e. The Morgan fingerprint density at radius 1 is 0.833 bits per heavy atom. The molecule has 0 radical (unpaired) electrons. The first-order valence-corrected chi connectivity index (χ1v) is 10.9. The van der Waals surface area contributed by atoms with Crippen LogP contribution in [0.4, 0.5) is 0 Å². The molecule has 0 fully saturated rings. The van der Waals surface area contributed by atoms with Gasteiger partial charge in [-0.05, 0) is 24.6 Å². The Hall–Kier alpha value is -3.51. The van der Waals surface area contributed by atoms with Crippen molar-refractivity contribution in [3.05, 3.63) is 107 Å². The third kappa shape index (κ3) is 3.46. The average Bonchev–Trinajstić information content (AvgIpc) is 3.12. The topological polar surface area (TPSA) is 71.5 Å². The molecule has 0 bridgehead atoms. The third-order valence-electron chi connectivity index (χ3n) is 5.03. The van der Waals surface area contributed by atoms with Crippen LogP contribution in [0.15, 0.2) is 95.4 Å². The number of sulfonamides is 1. The Morgan fingerprint density at radius 2 is 1.40 bits per heavy atom. The number of hydrogen-bond acceptors (Lipinski definition) is 4. The van der Waals surface area contributed by atoms with Gasteiger partial charge in [-0.3, -0.25) is 9.59 Å². The van der Waals surface area contributed by atoms with Gasteiger partial charge in [0.2, 0.25) is 0 Å². The highest BCUT2D eigenvalue weighted by Crippen LogP contribution is 2.34. The third-order valence-corrected chi connectivity index (χ3v) is 6.77. The summed E-state index contributed by atoms with van der Waals surface area (Å²) in [6, 6.07) is 23.5. The highest BCUT2D eigenvalue weighted by atomic mass is 32.2. The van der Waals surface area contributed by atoms with Gasteiger partial charge < -0.3 is 0 Å². The molecule has 0 saturated carbocycles. The maximum Gasteiger partial charge on any atom is 0.269 e. The predicted molar refractivity (Wildman–Crippen MR) is 114 cm³/mol. The van der Waals surface area contributed by atoms with E-state index in [2.05, 4.69) is 0 Å². The van der Waals surface area contributed by atoms with Crippen LogP contribution in [0.5, 0.6) is 0 Å². The van der Waals surface area contributed by atoms with Gasteiger partial charge in [-0.2, -0.15) is 0 Å². The van der Waals surface area contributed by atoms with E-state index in [0.717, 1.165) is 9.87 Å². The molecule has 4 rings (SSSR count). The molecule has 150 valence electrons. The molecule has 3 aromatic rings. The lowest BCUT2D eigenvalue weighted by molar-refractivity contribution is -0.119. The first kappa shape index (κ1) is 19.8. The molecule has 1 aliphatic heterocycles.